The molecular formula is C14H17N3OS. The molecule has 1 heterocycles. The molecule has 19 heavy (non-hydrogen) atoms. The second-order valence-electron chi connectivity index (χ2n) is 4.46. The van der Waals surface area contributed by atoms with E-state index in [0.29, 0.717) is 17.8 Å². The molecule has 3 N–H and O–H groups in total. The predicted octanol–water partition coefficient (Wildman–Crippen LogP) is 2.31. The van der Waals surface area contributed by atoms with Crippen LogP contribution in [0.25, 0.3) is 0 Å². The lowest BCUT2D eigenvalue weighted by molar-refractivity contribution is 0.0953. The maximum Gasteiger partial charge on any atom is 0.251 e. The van der Waals surface area contributed by atoms with Crippen LogP contribution in [0.3, 0.4) is 0 Å². The zero-order valence-electron chi connectivity index (χ0n) is 11.1. The van der Waals surface area contributed by atoms with Crippen LogP contribution in [-0.4, -0.2) is 17.4 Å². The van der Waals surface area contributed by atoms with Crippen molar-refractivity contribution in [2.75, 3.05) is 12.3 Å². The number of carbonyl (C=O) groups is 1. The third-order valence-electron chi connectivity index (χ3n) is 2.97. The van der Waals surface area contributed by atoms with Gasteiger partial charge >= 0.3 is 0 Å². The van der Waals surface area contributed by atoms with E-state index >= 15 is 0 Å². The summed E-state index contributed by atoms with van der Waals surface area (Å²) in [6, 6.07) is 3.68. The van der Waals surface area contributed by atoms with Gasteiger partial charge in [-0.15, -0.1) is 11.3 Å². The second kappa shape index (κ2) is 5.84. The number of benzene rings is 1. The van der Waals surface area contributed by atoms with Gasteiger partial charge in [0.05, 0.1) is 5.01 Å². The quantitative estimate of drug-likeness (QED) is 0.841. The molecule has 0 saturated heterocycles. The number of nitrogens with zero attached hydrogens (tertiary/aromatic N) is 1. The van der Waals surface area contributed by atoms with Crippen LogP contribution in [0.2, 0.25) is 0 Å². The first-order valence-electron chi connectivity index (χ1n) is 6.11. The van der Waals surface area contributed by atoms with Crippen LogP contribution in [0, 0.1) is 13.8 Å². The molecular weight excluding hydrogens is 258 g/mol. The van der Waals surface area contributed by atoms with Gasteiger partial charge in [0, 0.05) is 35.8 Å². The first-order chi connectivity index (χ1) is 9.08. The smallest absolute Gasteiger partial charge is 0.251 e. The molecule has 0 saturated carbocycles. The molecule has 1 aromatic carbocycles. The highest BCUT2D eigenvalue weighted by atomic mass is 32.1. The zero-order chi connectivity index (χ0) is 13.8. The van der Waals surface area contributed by atoms with E-state index in [2.05, 4.69) is 10.3 Å². The number of anilines is 1. The Labute approximate surface area is 116 Å². The topological polar surface area (TPSA) is 68.0 Å². The van der Waals surface area contributed by atoms with E-state index in [0.717, 1.165) is 22.6 Å². The van der Waals surface area contributed by atoms with Gasteiger partial charge in [0.15, 0.2) is 0 Å². The second-order valence-corrected chi connectivity index (χ2v) is 5.43. The van der Waals surface area contributed by atoms with Crippen molar-refractivity contribution in [3.8, 4) is 0 Å². The molecule has 1 aromatic heterocycles. The number of nitrogen functional groups attached to an aromatic ring is 1. The Morgan fingerprint density at radius 1 is 1.37 bits per heavy atom. The van der Waals surface area contributed by atoms with E-state index in [-0.39, 0.29) is 5.91 Å². The molecule has 0 aliphatic heterocycles. The number of amides is 1. The Morgan fingerprint density at radius 2 is 2.16 bits per heavy atom. The van der Waals surface area contributed by atoms with Crippen molar-refractivity contribution in [2.45, 2.75) is 20.3 Å². The van der Waals surface area contributed by atoms with Gasteiger partial charge in [0.2, 0.25) is 0 Å². The SMILES string of the molecule is Cc1cc(C)c(C(=O)NCCc2nccs2)cc1N. The van der Waals surface area contributed by atoms with E-state index in [9.17, 15) is 4.79 Å². The first kappa shape index (κ1) is 13.5. The summed E-state index contributed by atoms with van der Waals surface area (Å²) in [4.78, 5) is 16.3. The number of hydrogen-bond donors (Lipinski definition) is 2. The Bertz CT molecular complexity index is 579. The molecule has 0 atom stereocenters. The highest BCUT2D eigenvalue weighted by Crippen LogP contribution is 2.17. The lowest BCUT2D eigenvalue weighted by atomic mass is 10.0. The van der Waals surface area contributed by atoms with Crippen LogP contribution in [0.1, 0.15) is 26.5 Å². The summed E-state index contributed by atoms with van der Waals surface area (Å²) in [7, 11) is 0. The summed E-state index contributed by atoms with van der Waals surface area (Å²) in [5.74, 6) is -0.0826. The van der Waals surface area contributed by atoms with Gasteiger partial charge in [-0.25, -0.2) is 4.98 Å². The van der Waals surface area contributed by atoms with E-state index in [4.69, 9.17) is 5.73 Å². The summed E-state index contributed by atoms with van der Waals surface area (Å²) in [6.07, 6.45) is 2.52. The molecule has 0 radical (unpaired) electrons. The molecule has 100 valence electrons. The molecule has 0 aliphatic rings. The summed E-state index contributed by atoms with van der Waals surface area (Å²) >= 11 is 1.60. The van der Waals surface area contributed by atoms with Crippen LogP contribution in [0.5, 0.6) is 0 Å². The first-order valence-corrected chi connectivity index (χ1v) is 6.99. The minimum atomic E-state index is -0.0826. The van der Waals surface area contributed by atoms with Gasteiger partial charge in [-0.2, -0.15) is 0 Å². The number of carbonyl (C=O) groups excluding carboxylic acids is 1. The molecule has 2 rings (SSSR count). The largest absolute Gasteiger partial charge is 0.398 e. The van der Waals surface area contributed by atoms with E-state index in [1.165, 1.54) is 0 Å². The molecule has 1 amide bonds. The monoisotopic (exact) mass is 275 g/mol. The fraction of sp³-hybridized carbons (Fsp3) is 0.286. The van der Waals surface area contributed by atoms with E-state index in [1.807, 2.05) is 25.3 Å². The summed E-state index contributed by atoms with van der Waals surface area (Å²) in [5.41, 5.74) is 9.07. The van der Waals surface area contributed by atoms with Crippen LogP contribution in [-0.2, 0) is 6.42 Å². The minimum absolute atomic E-state index is 0.0826. The highest BCUT2D eigenvalue weighted by Gasteiger charge is 2.10. The van der Waals surface area contributed by atoms with Crippen molar-refractivity contribution in [1.29, 1.82) is 0 Å². The van der Waals surface area contributed by atoms with Crippen LogP contribution in [0.4, 0.5) is 5.69 Å². The van der Waals surface area contributed by atoms with Gasteiger partial charge in [0.1, 0.15) is 0 Å². The molecule has 4 nitrogen and oxygen atoms in total. The van der Waals surface area contributed by atoms with Crippen molar-refractivity contribution in [2.24, 2.45) is 0 Å². The molecule has 0 aliphatic carbocycles. The number of rotatable bonds is 4. The minimum Gasteiger partial charge on any atom is -0.398 e. The number of hydrogen-bond acceptors (Lipinski definition) is 4. The number of nitrogens with one attached hydrogen (secondary N) is 1. The van der Waals surface area contributed by atoms with Crippen molar-refractivity contribution < 1.29 is 4.79 Å². The average Bonchev–Trinajstić information content (AvgIpc) is 2.86. The van der Waals surface area contributed by atoms with Crippen molar-refractivity contribution in [1.82, 2.24) is 10.3 Å². The van der Waals surface area contributed by atoms with Crippen molar-refractivity contribution in [3.63, 3.8) is 0 Å². The molecule has 0 unspecified atom stereocenters. The summed E-state index contributed by atoms with van der Waals surface area (Å²) in [6.45, 7) is 4.44. The van der Waals surface area contributed by atoms with Crippen LogP contribution < -0.4 is 11.1 Å². The van der Waals surface area contributed by atoms with Gasteiger partial charge in [0.25, 0.3) is 5.91 Å². The lowest BCUT2D eigenvalue weighted by Crippen LogP contribution is -2.26. The van der Waals surface area contributed by atoms with E-state index < -0.39 is 0 Å². The Kier molecular flexibility index (Phi) is 4.16. The average molecular weight is 275 g/mol. The van der Waals surface area contributed by atoms with Crippen LogP contribution in [0.15, 0.2) is 23.7 Å². The summed E-state index contributed by atoms with van der Waals surface area (Å²) in [5, 5.41) is 5.86. The van der Waals surface area contributed by atoms with Gasteiger partial charge in [-0.1, -0.05) is 6.07 Å². The molecule has 5 heteroatoms. The number of nitrogens with two attached hydrogens (primary N) is 1. The standard InChI is InChI=1S/C14H17N3OS/c1-9-7-10(2)12(15)8-11(9)14(18)17-4-3-13-16-5-6-19-13/h5-8H,3-4,15H2,1-2H3,(H,17,18). The maximum absolute atomic E-state index is 12.1. The Morgan fingerprint density at radius 3 is 2.84 bits per heavy atom. The zero-order valence-corrected chi connectivity index (χ0v) is 11.9. The Hall–Kier alpha value is -1.88. The van der Waals surface area contributed by atoms with Crippen molar-refractivity contribution in [3.05, 3.63) is 45.4 Å². The lowest BCUT2D eigenvalue weighted by Gasteiger charge is -2.10. The van der Waals surface area contributed by atoms with Crippen LogP contribution >= 0.6 is 11.3 Å². The highest BCUT2D eigenvalue weighted by molar-refractivity contribution is 7.09. The van der Waals surface area contributed by atoms with Gasteiger partial charge in [-0.05, 0) is 31.0 Å². The normalized spacial score (nSPS) is 10.4. The molecule has 0 fully saturated rings. The fourth-order valence-electron chi connectivity index (χ4n) is 1.87. The third-order valence-corrected chi connectivity index (χ3v) is 3.80. The van der Waals surface area contributed by atoms with Crippen molar-refractivity contribution >= 4 is 22.9 Å². The maximum atomic E-state index is 12.1. The summed E-state index contributed by atoms with van der Waals surface area (Å²) < 4.78 is 0. The Balaban J connectivity index is 1.98. The van der Waals surface area contributed by atoms with E-state index in [1.54, 1.807) is 23.6 Å². The molecule has 2 aromatic rings. The fourth-order valence-corrected chi connectivity index (χ4v) is 2.49. The number of aryl methyl sites for hydroxylation is 2. The number of thiazole rings is 1. The third kappa shape index (κ3) is 3.32. The molecule has 0 spiro atoms. The van der Waals surface area contributed by atoms with Gasteiger partial charge < -0.3 is 11.1 Å². The predicted molar refractivity (Wildman–Crippen MR) is 78.5 cm³/mol. The number of aromatic nitrogens is 1. The molecule has 0 bridgehead atoms. The van der Waals surface area contributed by atoms with Gasteiger partial charge in [-0.3, -0.25) is 4.79 Å².